The number of hydrogen-bond donors (Lipinski definition) is 0. The molecule has 0 amide bonds. The molecule has 0 aliphatic heterocycles. The molecular weight excluding hydrogens is 394 g/mol. The van der Waals surface area contributed by atoms with E-state index in [0.717, 1.165) is 0 Å². The smallest absolute Gasteiger partial charge is 0.339 e. The molecule has 1 atom stereocenters. The molecule has 3 rings (SSSR count). The van der Waals surface area contributed by atoms with E-state index in [1.165, 1.54) is 37.4 Å². The highest BCUT2D eigenvalue weighted by atomic mass is 16.6. The molecule has 0 saturated carbocycles. The molecule has 10 heteroatoms. The maximum Gasteiger partial charge on any atom is 0.339 e. The van der Waals surface area contributed by atoms with Crippen LogP contribution in [0.5, 0.6) is 11.5 Å². The van der Waals surface area contributed by atoms with E-state index in [2.05, 4.69) is 10.2 Å². The molecule has 0 radical (unpaired) electrons. The molecule has 10 nitrogen and oxygen atoms in total. The summed E-state index contributed by atoms with van der Waals surface area (Å²) in [7, 11) is 1.48. The number of nitro groups is 1. The van der Waals surface area contributed by atoms with Crippen LogP contribution in [-0.2, 0) is 4.74 Å². The van der Waals surface area contributed by atoms with Gasteiger partial charge in [-0.05, 0) is 44.2 Å². The summed E-state index contributed by atoms with van der Waals surface area (Å²) in [5.41, 5.74) is 0.734. The minimum atomic E-state index is -0.811. The molecule has 1 heterocycles. The number of nitro benzene ring substituents is 1. The lowest BCUT2D eigenvalue weighted by Crippen LogP contribution is -2.10. The third-order valence-electron chi connectivity index (χ3n) is 4.10. The highest BCUT2D eigenvalue weighted by Crippen LogP contribution is 2.29. The molecule has 156 valence electrons. The second-order valence-electron chi connectivity index (χ2n) is 6.10. The number of aromatic nitrogens is 2. The second kappa shape index (κ2) is 9.03. The summed E-state index contributed by atoms with van der Waals surface area (Å²) in [6.45, 7) is 3.90. The predicted molar refractivity (Wildman–Crippen MR) is 104 cm³/mol. The highest BCUT2D eigenvalue weighted by molar-refractivity contribution is 5.90. The van der Waals surface area contributed by atoms with Crippen LogP contribution in [0, 0.1) is 10.1 Å². The Balaban J connectivity index is 1.71. The van der Waals surface area contributed by atoms with Crippen LogP contribution in [0.25, 0.3) is 11.5 Å². The standard InChI is InChI=1S/C20H19N3O7/c1-4-28-16-10-7-14(11-17(16)27-3)20(24)29-12(2)18-21-22-19(30-18)13-5-8-15(9-6-13)23(25)26/h5-12H,4H2,1-3H3/t12-/m0/s1. The van der Waals surface area contributed by atoms with E-state index < -0.39 is 17.0 Å². The zero-order valence-corrected chi connectivity index (χ0v) is 16.5. The first-order chi connectivity index (χ1) is 14.4. The van der Waals surface area contributed by atoms with Crippen molar-refractivity contribution in [3.63, 3.8) is 0 Å². The predicted octanol–water partition coefficient (Wildman–Crippen LogP) is 3.97. The molecule has 0 saturated heterocycles. The third-order valence-corrected chi connectivity index (χ3v) is 4.10. The van der Waals surface area contributed by atoms with Crippen molar-refractivity contribution in [2.45, 2.75) is 20.0 Å². The van der Waals surface area contributed by atoms with Crippen molar-refractivity contribution in [2.75, 3.05) is 13.7 Å². The number of rotatable bonds is 8. The van der Waals surface area contributed by atoms with Gasteiger partial charge in [0.05, 0.1) is 24.2 Å². The van der Waals surface area contributed by atoms with Crippen molar-refractivity contribution in [1.82, 2.24) is 10.2 Å². The van der Waals surface area contributed by atoms with Crippen LogP contribution < -0.4 is 9.47 Å². The van der Waals surface area contributed by atoms with Crippen molar-refractivity contribution in [1.29, 1.82) is 0 Å². The number of ether oxygens (including phenoxy) is 3. The van der Waals surface area contributed by atoms with Crippen molar-refractivity contribution >= 4 is 11.7 Å². The third kappa shape index (κ3) is 4.54. The van der Waals surface area contributed by atoms with Gasteiger partial charge in [0.2, 0.25) is 5.89 Å². The van der Waals surface area contributed by atoms with Gasteiger partial charge in [0.1, 0.15) is 0 Å². The van der Waals surface area contributed by atoms with Gasteiger partial charge in [-0.25, -0.2) is 4.79 Å². The largest absolute Gasteiger partial charge is 0.493 e. The minimum Gasteiger partial charge on any atom is -0.493 e. The molecule has 3 aromatic rings. The average Bonchev–Trinajstić information content (AvgIpc) is 3.24. The second-order valence-corrected chi connectivity index (χ2v) is 6.10. The number of non-ortho nitro benzene ring substituents is 1. The Bertz CT molecular complexity index is 1050. The Labute approximate surface area is 171 Å². The average molecular weight is 413 g/mol. The fourth-order valence-electron chi connectivity index (χ4n) is 2.59. The van der Waals surface area contributed by atoms with Gasteiger partial charge in [-0.15, -0.1) is 10.2 Å². The van der Waals surface area contributed by atoms with Crippen molar-refractivity contribution < 1.29 is 28.3 Å². The van der Waals surface area contributed by atoms with Crippen LogP contribution in [0.15, 0.2) is 46.9 Å². The van der Waals surface area contributed by atoms with E-state index >= 15 is 0 Å². The summed E-state index contributed by atoms with van der Waals surface area (Å²) >= 11 is 0. The lowest BCUT2D eigenvalue weighted by molar-refractivity contribution is -0.384. The van der Waals surface area contributed by atoms with Crippen LogP contribution >= 0.6 is 0 Å². The van der Waals surface area contributed by atoms with Gasteiger partial charge in [-0.3, -0.25) is 10.1 Å². The molecule has 0 spiro atoms. The zero-order chi connectivity index (χ0) is 21.7. The summed E-state index contributed by atoms with van der Waals surface area (Å²) in [5, 5.41) is 18.5. The van der Waals surface area contributed by atoms with Gasteiger partial charge in [0, 0.05) is 17.7 Å². The number of hydrogen-bond acceptors (Lipinski definition) is 9. The molecule has 0 fully saturated rings. The molecule has 0 N–H and O–H groups in total. The monoisotopic (exact) mass is 413 g/mol. The van der Waals surface area contributed by atoms with E-state index in [9.17, 15) is 14.9 Å². The Morgan fingerprint density at radius 1 is 1.17 bits per heavy atom. The van der Waals surface area contributed by atoms with Crippen molar-refractivity contribution in [3.05, 3.63) is 64.0 Å². The fraction of sp³-hybridized carbons (Fsp3) is 0.250. The van der Waals surface area contributed by atoms with Crippen LogP contribution in [0.2, 0.25) is 0 Å². The number of esters is 1. The summed E-state index contributed by atoms with van der Waals surface area (Å²) in [6, 6.07) is 10.4. The quantitative estimate of drug-likeness (QED) is 0.306. The maximum absolute atomic E-state index is 12.5. The van der Waals surface area contributed by atoms with Crippen molar-refractivity contribution in [3.8, 4) is 23.0 Å². The number of benzene rings is 2. The first-order valence-corrected chi connectivity index (χ1v) is 9.03. The van der Waals surface area contributed by atoms with Gasteiger partial charge in [0.25, 0.3) is 11.6 Å². The number of methoxy groups -OCH3 is 1. The van der Waals surface area contributed by atoms with E-state index in [4.69, 9.17) is 18.6 Å². The first kappa shape index (κ1) is 20.8. The van der Waals surface area contributed by atoms with E-state index in [1.54, 1.807) is 19.1 Å². The van der Waals surface area contributed by atoms with Gasteiger partial charge in [-0.1, -0.05) is 0 Å². The topological polar surface area (TPSA) is 127 Å². The molecule has 0 aliphatic rings. The Hall–Kier alpha value is -3.95. The van der Waals surface area contributed by atoms with E-state index in [1.807, 2.05) is 6.92 Å². The van der Waals surface area contributed by atoms with Gasteiger partial charge in [-0.2, -0.15) is 0 Å². The summed E-state index contributed by atoms with van der Waals surface area (Å²) in [6.07, 6.45) is -0.811. The Kier molecular flexibility index (Phi) is 6.26. The SMILES string of the molecule is CCOc1ccc(C(=O)O[C@@H](C)c2nnc(-c3ccc([N+](=O)[O-])cc3)o2)cc1OC. The molecule has 0 bridgehead atoms. The number of nitrogens with zero attached hydrogens (tertiary/aromatic N) is 3. The summed E-state index contributed by atoms with van der Waals surface area (Å²) in [5.74, 6) is 0.588. The molecule has 0 unspecified atom stereocenters. The summed E-state index contributed by atoms with van der Waals surface area (Å²) < 4.78 is 21.6. The molecule has 30 heavy (non-hydrogen) atoms. The lowest BCUT2D eigenvalue weighted by Gasteiger charge is -2.12. The van der Waals surface area contributed by atoms with Crippen LogP contribution in [0.4, 0.5) is 5.69 Å². The van der Waals surface area contributed by atoms with Gasteiger partial charge >= 0.3 is 5.97 Å². The molecule has 2 aromatic carbocycles. The Morgan fingerprint density at radius 3 is 2.53 bits per heavy atom. The molecular formula is C20H19N3O7. The minimum absolute atomic E-state index is 0.0495. The lowest BCUT2D eigenvalue weighted by atomic mass is 10.2. The number of carbonyl (C=O) groups excluding carboxylic acids is 1. The van der Waals surface area contributed by atoms with Gasteiger partial charge < -0.3 is 18.6 Å². The van der Waals surface area contributed by atoms with Gasteiger partial charge in [0.15, 0.2) is 17.6 Å². The zero-order valence-electron chi connectivity index (χ0n) is 16.5. The first-order valence-electron chi connectivity index (χ1n) is 9.03. The summed E-state index contributed by atoms with van der Waals surface area (Å²) in [4.78, 5) is 22.7. The fourth-order valence-corrected chi connectivity index (χ4v) is 2.59. The van der Waals surface area contributed by atoms with Crippen LogP contribution in [0.3, 0.4) is 0 Å². The van der Waals surface area contributed by atoms with Crippen LogP contribution in [0.1, 0.15) is 36.2 Å². The van der Waals surface area contributed by atoms with E-state index in [-0.39, 0.29) is 23.0 Å². The van der Waals surface area contributed by atoms with Crippen LogP contribution in [-0.4, -0.2) is 34.8 Å². The maximum atomic E-state index is 12.5. The number of carbonyl (C=O) groups is 1. The normalized spacial score (nSPS) is 11.6. The Morgan fingerprint density at radius 2 is 1.90 bits per heavy atom. The van der Waals surface area contributed by atoms with E-state index in [0.29, 0.717) is 23.7 Å². The molecule has 0 aliphatic carbocycles. The van der Waals surface area contributed by atoms with Crippen molar-refractivity contribution in [2.24, 2.45) is 0 Å². The molecule has 1 aromatic heterocycles. The highest BCUT2D eigenvalue weighted by Gasteiger charge is 2.21.